The minimum atomic E-state index is -4.72. The minimum absolute atomic E-state index is 0.0656. The molecule has 0 saturated heterocycles. The second kappa shape index (κ2) is 7.47. The number of aromatic nitrogens is 3. The van der Waals surface area contributed by atoms with Crippen LogP contribution in [0.3, 0.4) is 0 Å². The van der Waals surface area contributed by atoms with Crippen LogP contribution in [0.25, 0.3) is 5.65 Å². The second-order valence-electron chi connectivity index (χ2n) is 5.66. The fourth-order valence-electron chi connectivity index (χ4n) is 2.49. The summed E-state index contributed by atoms with van der Waals surface area (Å²) in [6.45, 7) is 0.775. The van der Waals surface area contributed by atoms with E-state index in [1.54, 1.807) is 19.2 Å². The number of carbonyl (C=O) groups excluding carboxylic acids is 2. The first-order valence-corrected chi connectivity index (χ1v) is 8.18. The third-order valence-electron chi connectivity index (χ3n) is 3.67. The molecule has 0 radical (unpaired) electrons. The predicted octanol–water partition coefficient (Wildman–Crippen LogP) is 3.51. The third kappa shape index (κ3) is 4.06. The maximum Gasteiger partial charge on any atom is 0.418 e. The SMILES string of the molecule is Cc1nn2cccnc2c1C(=O)OCC(=O)Nc1ccc(Cl)cc1C(F)(F)F. The van der Waals surface area contributed by atoms with Gasteiger partial charge in [-0.2, -0.15) is 18.3 Å². The van der Waals surface area contributed by atoms with E-state index in [4.69, 9.17) is 16.3 Å². The number of halogens is 4. The number of nitrogens with zero attached hydrogens (tertiary/aromatic N) is 3. The van der Waals surface area contributed by atoms with Gasteiger partial charge in [0, 0.05) is 17.4 Å². The molecule has 0 atom stereocenters. The van der Waals surface area contributed by atoms with Crippen molar-refractivity contribution in [3.05, 3.63) is 58.5 Å². The van der Waals surface area contributed by atoms with Crippen molar-refractivity contribution in [1.29, 1.82) is 0 Å². The van der Waals surface area contributed by atoms with Gasteiger partial charge in [0.15, 0.2) is 12.3 Å². The summed E-state index contributed by atoms with van der Waals surface area (Å²) in [5.41, 5.74) is -0.964. The number of ether oxygens (including phenoxy) is 1. The lowest BCUT2D eigenvalue weighted by molar-refractivity contribution is -0.137. The molecule has 0 fully saturated rings. The first kappa shape index (κ1) is 19.6. The molecule has 1 amide bonds. The number of benzene rings is 1. The number of nitrogens with one attached hydrogen (secondary N) is 1. The van der Waals surface area contributed by atoms with Gasteiger partial charge in [0.25, 0.3) is 5.91 Å². The molecule has 0 aliphatic heterocycles. The summed E-state index contributed by atoms with van der Waals surface area (Å²) in [5, 5.41) is 6.02. The van der Waals surface area contributed by atoms with Crippen molar-refractivity contribution in [3.8, 4) is 0 Å². The number of hydrogen-bond donors (Lipinski definition) is 1. The van der Waals surface area contributed by atoms with Crippen LogP contribution < -0.4 is 5.32 Å². The van der Waals surface area contributed by atoms with Gasteiger partial charge >= 0.3 is 12.1 Å². The molecule has 0 spiro atoms. The highest BCUT2D eigenvalue weighted by Gasteiger charge is 2.34. The Kier molecular flexibility index (Phi) is 5.23. The van der Waals surface area contributed by atoms with Crippen LogP contribution >= 0.6 is 11.6 Å². The van der Waals surface area contributed by atoms with Crippen LogP contribution in [0.1, 0.15) is 21.6 Å². The van der Waals surface area contributed by atoms with Gasteiger partial charge in [0.2, 0.25) is 0 Å². The number of anilines is 1. The van der Waals surface area contributed by atoms with E-state index in [9.17, 15) is 22.8 Å². The van der Waals surface area contributed by atoms with Gasteiger partial charge in [-0.25, -0.2) is 14.3 Å². The molecule has 0 bridgehead atoms. The van der Waals surface area contributed by atoms with E-state index >= 15 is 0 Å². The quantitative estimate of drug-likeness (QED) is 0.663. The summed E-state index contributed by atoms with van der Waals surface area (Å²) in [6, 6.07) is 4.53. The van der Waals surface area contributed by atoms with Crippen LogP contribution in [-0.4, -0.2) is 33.1 Å². The number of fused-ring (bicyclic) bond motifs is 1. The van der Waals surface area contributed by atoms with Gasteiger partial charge in [-0.3, -0.25) is 4.79 Å². The van der Waals surface area contributed by atoms with E-state index in [2.05, 4.69) is 15.4 Å². The molecule has 1 aromatic carbocycles. The summed E-state index contributed by atoms with van der Waals surface area (Å²) in [6.07, 6.45) is -1.68. The predicted molar refractivity (Wildman–Crippen MR) is 93.1 cm³/mol. The summed E-state index contributed by atoms with van der Waals surface area (Å²) in [7, 11) is 0. The van der Waals surface area contributed by atoms with Gasteiger partial charge in [-0.05, 0) is 31.2 Å². The number of carbonyl (C=O) groups is 2. The lowest BCUT2D eigenvalue weighted by Crippen LogP contribution is -2.23. The van der Waals surface area contributed by atoms with Crippen LogP contribution in [0.4, 0.5) is 18.9 Å². The zero-order valence-corrected chi connectivity index (χ0v) is 15.0. The molecule has 28 heavy (non-hydrogen) atoms. The minimum Gasteiger partial charge on any atom is -0.452 e. The van der Waals surface area contributed by atoms with Crippen molar-refractivity contribution < 1.29 is 27.5 Å². The molecular formula is C17H12ClF3N4O3. The molecule has 3 aromatic rings. The van der Waals surface area contributed by atoms with E-state index in [0.29, 0.717) is 11.8 Å². The van der Waals surface area contributed by atoms with E-state index in [0.717, 1.165) is 6.07 Å². The normalized spacial score (nSPS) is 11.5. The maximum absolute atomic E-state index is 13.1. The van der Waals surface area contributed by atoms with E-state index in [1.165, 1.54) is 16.8 Å². The Morgan fingerprint density at radius 3 is 2.79 bits per heavy atom. The summed E-state index contributed by atoms with van der Waals surface area (Å²) in [5.74, 6) is -1.81. The van der Waals surface area contributed by atoms with E-state index in [1.807, 2.05) is 0 Å². The van der Waals surface area contributed by atoms with Gasteiger partial charge in [0.05, 0.1) is 16.9 Å². The van der Waals surface area contributed by atoms with E-state index < -0.39 is 35.9 Å². The fourth-order valence-corrected chi connectivity index (χ4v) is 2.66. The Morgan fingerprint density at radius 2 is 2.07 bits per heavy atom. The van der Waals surface area contributed by atoms with Gasteiger partial charge in [-0.15, -0.1) is 0 Å². The van der Waals surface area contributed by atoms with E-state index in [-0.39, 0.29) is 16.2 Å². The van der Waals surface area contributed by atoms with Crippen LogP contribution in [0.15, 0.2) is 36.7 Å². The Labute approximate surface area is 161 Å². The Hall–Kier alpha value is -3.14. The molecule has 0 aliphatic rings. The smallest absolute Gasteiger partial charge is 0.418 e. The molecule has 0 saturated carbocycles. The zero-order valence-electron chi connectivity index (χ0n) is 14.2. The van der Waals surface area contributed by atoms with Crippen molar-refractivity contribution in [2.75, 3.05) is 11.9 Å². The van der Waals surface area contributed by atoms with Crippen molar-refractivity contribution in [3.63, 3.8) is 0 Å². The first-order valence-electron chi connectivity index (χ1n) is 7.80. The van der Waals surface area contributed by atoms with Crippen LogP contribution in [0.5, 0.6) is 0 Å². The topological polar surface area (TPSA) is 85.6 Å². The highest BCUT2D eigenvalue weighted by Crippen LogP contribution is 2.36. The molecular weight excluding hydrogens is 401 g/mol. The number of rotatable bonds is 4. The Bertz CT molecular complexity index is 1070. The highest BCUT2D eigenvalue weighted by molar-refractivity contribution is 6.30. The van der Waals surface area contributed by atoms with Gasteiger partial charge < -0.3 is 10.1 Å². The summed E-state index contributed by atoms with van der Waals surface area (Å²) >= 11 is 5.59. The molecule has 2 aromatic heterocycles. The Balaban J connectivity index is 1.71. The molecule has 7 nitrogen and oxygen atoms in total. The molecule has 146 valence electrons. The molecule has 3 rings (SSSR count). The standard InChI is InChI=1S/C17H12ClF3N4O3/c1-9-14(15-22-5-2-6-25(15)24-9)16(27)28-8-13(26)23-12-4-3-10(18)7-11(12)17(19,20)21/h2-7H,8H2,1H3,(H,23,26). The highest BCUT2D eigenvalue weighted by atomic mass is 35.5. The number of hydrogen-bond acceptors (Lipinski definition) is 5. The second-order valence-corrected chi connectivity index (χ2v) is 6.10. The average molecular weight is 413 g/mol. The van der Waals surface area contributed by atoms with Crippen LogP contribution in [0.2, 0.25) is 5.02 Å². The zero-order chi connectivity index (χ0) is 20.5. The maximum atomic E-state index is 13.1. The third-order valence-corrected chi connectivity index (χ3v) is 3.90. The number of amides is 1. The van der Waals surface area contributed by atoms with Crippen molar-refractivity contribution in [1.82, 2.24) is 14.6 Å². The first-order chi connectivity index (χ1) is 13.2. The lowest BCUT2D eigenvalue weighted by atomic mass is 10.1. The largest absolute Gasteiger partial charge is 0.452 e. The summed E-state index contributed by atoms with van der Waals surface area (Å²) in [4.78, 5) is 28.3. The number of esters is 1. The molecule has 0 aliphatic carbocycles. The fraction of sp³-hybridized carbons (Fsp3) is 0.176. The lowest BCUT2D eigenvalue weighted by Gasteiger charge is -2.14. The Morgan fingerprint density at radius 1 is 1.32 bits per heavy atom. The van der Waals surface area contributed by atoms with Crippen molar-refractivity contribution in [2.24, 2.45) is 0 Å². The monoisotopic (exact) mass is 412 g/mol. The molecule has 0 unspecified atom stereocenters. The van der Waals surface area contributed by atoms with Crippen LogP contribution in [-0.2, 0) is 15.7 Å². The number of alkyl halides is 3. The van der Waals surface area contributed by atoms with Gasteiger partial charge in [-0.1, -0.05) is 11.6 Å². The number of aryl methyl sites for hydroxylation is 1. The summed E-state index contributed by atoms with van der Waals surface area (Å²) < 4.78 is 45.5. The molecule has 1 N–H and O–H groups in total. The van der Waals surface area contributed by atoms with Crippen molar-refractivity contribution >= 4 is 34.8 Å². The van der Waals surface area contributed by atoms with Gasteiger partial charge in [0.1, 0.15) is 5.56 Å². The van der Waals surface area contributed by atoms with Crippen LogP contribution in [0, 0.1) is 6.92 Å². The average Bonchev–Trinajstić information content (AvgIpc) is 2.96. The molecule has 11 heteroatoms. The van der Waals surface area contributed by atoms with Crippen molar-refractivity contribution in [2.45, 2.75) is 13.1 Å². The molecule has 2 heterocycles.